The van der Waals surface area contributed by atoms with E-state index in [0.29, 0.717) is 18.6 Å². The summed E-state index contributed by atoms with van der Waals surface area (Å²) in [7, 11) is 0. The van der Waals surface area contributed by atoms with E-state index in [1.54, 1.807) is 0 Å². The van der Waals surface area contributed by atoms with Gasteiger partial charge in [-0.25, -0.2) is 0 Å². The van der Waals surface area contributed by atoms with Crippen LogP contribution >= 0.6 is 0 Å². The van der Waals surface area contributed by atoms with E-state index < -0.39 is 5.41 Å². The van der Waals surface area contributed by atoms with Gasteiger partial charge in [0.25, 0.3) is 5.56 Å². The number of rotatable bonds is 7. The zero-order valence-corrected chi connectivity index (χ0v) is 16.2. The molecule has 0 saturated carbocycles. The Bertz CT molecular complexity index is 1080. The van der Waals surface area contributed by atoms with Gasteiger partial charge in [-0.05, 0) is 60.5 Å². The molecule has 0 aliphatic heterocycles. The molecule has 1 unspecified atom stereocenters. The molecule has 144 valence electrons. The first-order chi connectivity index (χ1) is 13.5. The summed E-state index contributed by atoms with van der Waals surface area (Å²) in [6.45, 7) is 4.04. The fourth-order valence-corrected chi connectivity index (χ4v) is 3.38. The fraction of sp³-hybridized carbons (Fsp3) is 0.304. The van der Waals surface area contributed by atoms with E-state index in [1.165, 1.54) is 0 Å². The van der Waals surface area contributed by atoms with Crippen molar-refractivity contribution in [3.05, 3.63) is 75.6 Å². The molecule has 5 nitrogen and oxygen atoms in total. The van der Waals surface area contributed by atoms with Crippen LogP contribution < -0.4 is 10.3 Å². The molecule has 2 aromatic carbocycles. The van der Waals surface area contributed by atoms with E-state index in [2.05, 4.69) is 11.1 Å². The number of nitriles is 1. The molecule has 0 fully saturated rings. The van der Waals surface area contributed by atoms with Crippen molar-refractivity contribution in [2.24, 2.45) is 0 Å². The number of ether oxygens (including phenoxy) is 1. The van der Waals surface area contributed by atoms with Crippen LogP contribution in [0.4, 0.5) is 0 Å². The minimum Gasteiger partial charge on any atom is -0.491 e. The van der Waals surface area contributed by atoms with Crippen LogP contribution in [0.1, 0.15) is 30.5 Å². The maximum atomic E-state index is 12.2. The number of aromatic amines is 1. The predicted molar refractivity (Wildman–Crippen MR) is 110 cm³/mol. The first-order valence-corrected chi connectivity index (χ1v) is 9.39. The Hall–Kier alpha value is -3.10. The highest BCUT2D eigenvalue weighted by molar-refractivity contribution is 5.80. The number of aromatic nitrogens is 1. The van der Waals surface area contributed by atoms with Crippen LogP contribution in [0.5, 0.6) is 5.75 Å². The van der Waals surface area contributed by atoms with Crippen molar-refractivity contribution in [2.45, 2.75) is 32.1 Å². The number of nitrogens with one attached hydrogen (secondary N) is 1. The highest BCUT2D eigenvalue weighted by atomic mass is 16.5. The first kappa shape index (κ1) is 19.7. The van der Waals surface area contributed by atoms with Crippen molar-refractivity contribution in [3.8, 4) is 11.8 Å². The predicted octanol–water partition coefficient (Wildman–Crippen LogP) is 3.49. The van der Waals surface area contributed by atoms with Crippen LogP contribution in [0.15, 0.2) is 53.3 Å². The molecule has 0 aliphatic carbocycles. The summed E-state index contributed by atoms with van der Waals surface area (Å²) in [5.74, 6) is 0.668. The zero-order valence-electron chi connectivity index (χ0n) is 16.2. The lowest BCUT2D eigenvalue weighted by atomic mass is 9.78. The lowest BCUT2D eigenvalue weighted by molar-refractivity contribution is 0.201. The number of aliphatic hydroxyl groups excluding tert-OH is 1. The largest absolute Gasteiger partial charge is 0.491 e. The smallest absolute Gasteiger partial charge is 0.251 e. The van der Waals surface area contributed by atoms with E-state index in [-0.39, 0.29) is 18.8 Å². The molecule has 0 saturated heterocycles. The number of aliphatic hydroxyl groups is 1. The number of hydrogen-bond donors (Lipinski definition) is 2. The Kier molecular flexibility index (Phi) is 5.81. The van der Waals surface area contributed by atoms with Gasteiger partial charge >= 0.3 is 0 Å². The third kappa shape index (κ3) is 4.08. The average molecular weight is 376 g/mol. The normalized spacial score (nSPS) is 13.1. The summed E-state index contributed by atoms with van der Waals surface area (Å²) >= 11 is 0. The molecule has 3 rings (SSSR count). The summed E-state index contributed by atoms with van der Waals surface area (Å²) in [4.78, 5) is 15.1. The molecule has 5 heteroatoms. The molecule has 28 heavy (non-hydrogen) atoms. The van der Waals surface area contributed by atoms with Crippen LogP contribution in [0.25, 0.3) is 10.9 Å². The molecule has 0 bridgehead atoms. The van der Waals surface area contributed by atoms with Crippen LogP contribution in [-0.2, 0) is 18.3 Å². The summed E-state index contributed by atoms with van der Waals surface area (Å²) in [5.41, 5.74) is 2.46. The molecular formula is C23H24N2O3. The molecule has 3 aromatic rings. The van der Waals surface area contributed by atoms with Crippen molar-refractivity contribution < 1.29 is 9.84 Å². The standard InChI is InChI=1S/C23H24N2O3/c1-3-17-12-18-7-8-19(13-21(18)25-22(17)27)23(2,15-24)14-16-5-4-6-20(11-16)28-10-9-26/h4-8,11-13,26H,3,9-10,14H2,1-2H3,(H,25,27). The Morgan fingerprint density at radius 1 is 1.21 bits per heavy atom. The van der Waals surface area contributed by atoms with E-state index in [1.807, 2.05) is 62.4 Å². The van der Waals surface area contributed by atoms with Crippen molar-refractivity contribution >= 4 is 10.9 Å². The molecule has 1 atom stereocenters. The van der Waals surface area contributed by atoms with Crippen molar-refractivity contribution in [3.63, 3.8) is 0 Å². The molecule has 1 aromatic heterocycles. The van der Waals surface area contributed by atoms with Crippen LogP contribution in [0.3, 0.4) is 0 Å². The Morgan fingerprint density at radius 2 is 2.04 bits per heavy atom. The van der Waals surface area contributed by atoms with E-state index >= 15 is 0 Å². The van der Waals surface area contributed by atoms with Gasteiger partial charge in [-0.15, -0.1) is 0 Å². The Labute approximate surface area is 164 Å². The van der Waals surface area contributed by atoms with Gasteiger partial charge in [0.1, 0.15) is 12.4 Å². The second kappa shape index (κ2) is 8.28. The summed E-state index contributed by atoms with van der Waals surface area (Å²) in [6, 6.07) is 17.7. The number of nitrogens with zero attached hydrogens (tertiary/aromatic N) is 1. The second-order valence-corrected chi connectivity index (χ2v) is 7.12. The number of fused-ring (bicyclic) bond motifs is 1. The quantitative estimate of drug-likeness (QED) is 0.661. The highest BCUT2D eigenvalue weighted by Gasteiger charge is 2.27. The number of hydrogen-bond acceptors (Lipinski definition) is 4. The van der Waals surface area contributed by atoms with Gasteiger partial charge < -0.3 is 14.8 Å². The number of pyridine rings is 1. The third-order valence-electron chi connectivity index (χ3n) is 5.00. The van der Waals surface area contributed by atoms with E-state index in [9.17, 15) is 10.1 Å². The zero-order chi connectivity index (χ0) is 20.1. The minimum absolute atomic E-state index is 0.0465. The van der Waals surface area contributed by atoms with Gasteiger partial charge in [-0.1, -0.05) is 31.2 Å². The van der Waals surface area contributed by atoms with Crippen molar-refractivity contribution in [1.29, 1.82) is 5.26 Å². The Balaban J connectivity index is 1.95. The lowest BCUT2D eigenvalue weighted by Gasteiger charge is -2.23. The Morgan fingerprint density at radius 3 is 2.75 bits per heavy atom. The van der Waals surface area contributed by atoms with Crippen LogP contribution in [-0.4, -0.2) is 23.3 Å². The second-order valence-electron chi connectivity index (χ2n) is 7.12. The summed E-state index contributed by atoms with van der Waals surface area (Å²) in [5, 5.41) is 19.8. The van der Waals surface area contributed by atoms with Crippen molar-refractivity contribution in [2.75, 3.05) is 13.2 Å². The number of benzene rings is 2. The van der Waals surface area contributed by atoms with E-state index in [0.717, 1.165) is 27.6 Å². The number of H-pyrrole nitrogens is 1. The fourth-order valence-electron chi connectivity index (χ4n) is 3.38. The van der Waals surface area contributed by atoms with E-state index in [4.69, 9.17) is 9.84 Å². The molecular weight excluding hydrogens is 352 g/mol. The minimum atomic E-state index is -0.760. The number of aryl methyl sites for hydroxylation is 1. The monoisotopic (exact) mass is 376 g/mol. The topological polar surface area (TPSA) is 86.1 Å². The van der Waals surface area contributed by atoms with Crippen LogP contribution in [0.2, 0.25) is 0 Å². The van der Waals surface area contributed by atoms with Gasteiger partial charge in [0.2, 0.25) is 0 Å². The third-order valence-corrected chi connectivity index (χ3v) is 5.00. The van der Waals surface area contributed by atoms with Gasteiger partial charge in [-0.3, -0.25) is 4.79 Å². The SMILES string of the molecule is CCc1cc2ccc(C(C)(C#N)Cc3cccc(OCCO)c3)cc2[nH]c1=O. The maximum absolute atomic E-state index is 12.2. The molecule has 0 amide bonds. The average Bonchev–Trinajstić information content (AvgIpc) is 2.71. The molecule has 0 aliphatic rings. The van der Waals surface area contributed by atoms with Gasteiger partial charge in [0.05, 0.1) is 18.1 Å². The summed E-state index contributed by atoms with van der Waals surface area (Å²) in [6.07, 6.45) is 1.18. The van der Waals surface area contributed by atoms with Gasteiger partial charge in [0.15, 0.2) is 0 Å². The summed E-state index contributed by atoms with van der Waals surface area (Å²) < 4.78 is 5.47. The first-order valence-electron chi connectivity index (χ1n) is 9.39. The molecule has 1 heterocycles. The molecule has 0 radical (unpaired) electrons. The van der Waals surface area contributed by atoms with Gasteiger partial charge in [-0.2, -0.15) is 5.26 Å². The maximum Gasteiger partial charge on any atom is 0.251 e. The van der Waals surface area contributed by atoms with Crippen molar-refractivity contribution in [1.82, 2.24) is 4.98 Å². The lowest BCUT2D eigenvalue weighted by Crippen LogP contribution is -2.23. The molecule has 0 spiro atoms. The molecule has 2 N–H and O–H groups in total. The van der Waals surface area contributed by atoms with Gasteiger partial charge in [0, 0.05) is 11.1 Å². The van der Waals surface area contributed by atoms with Crippen LogP contribution in [0, 0.1) is 11.3 Å². The highest BCUT2D eigenvalue weighted by Crippen LogP contribution is 2.30.